The van der Waals surface area contributed by atoms with Gasteiger partial charge in [0.1, 0.15) is 6.61 Å². The molecule has 112 valence electrons. The number of anilines is 1. The lowest BCUT2D eigenvalue weighted by Gasteiger charge is -2.17. The Kier molecular flexibility index (Phi) is 5.40. The number of aliphatic hydroxyl groups excluding tert-OH is 1. The number of rotatable bonds is 7. The first-order valence-electron chi connectivity index (χ1n) is 6.82. The van der Waals surface area contributed by atoms with Gasteiger partial charge in [-0.1, -0.05) is 0 Å². The van der Waals surface area contributed by atoms with Gasteiger partial charge in [-0.25, -0.2) is 0 Å². The van der Waals surface area contributed by atoms with Crippen LogP contribution in [0.15, 0.2) is 42.7 Å². The van der Waals surface area contributed by atoms with Gasteiger partial charge in [-0.3, -0.25) is 4.98 Å². The molecule has 0 fully saturated rings. The SMILES string of the molecule is COc1ccc(NC(C)c2ccncc2)cc1OCCO. The number of pyridine rings is 1. The Labute approximate surface area is 124 Å². The molecule has 0 radical (unpaired) electrons. The standard InChI is InChI=1S/C16H20N2O3/c1-12(13-5-7-17-8-6-13)18-14-3-4-15(20-2)16(11-14)21-10-9-19/h3-8,11-12,18-19H,9-10H2,1-2H3. The van der Waals surface area contributed by atoms with Crippen LogP contribution in [0.1, 0.15) is 18.5 Å². The molecule has 5 nitrogen and oxygen atoms in total. The largest absolute Gasteiger partial charge is 0.493 e. The Morgan fingerprint density at radius 3 is 2.62 bits per heavy atom. The maximum Gasteiger partial charge on any atom is 0.163 e. The zero-order valence-corrected chi connectivity index (χ0v) is 12.2. The molecule has 0 aliphatic carbocycles. The molecule has 1 aromatic heterocycles. The molecule has 5 heteroatoms. The topological polar surface area (TPSA) is 63.6 Å². The number of nitrogens with zero attached hydrogens (tertiary/aromatic N) is 1. The number of benzene rings is 1. The molecule has 0 aliphatic rings. The van der Waals surface area contributed by atoms with Crippen molar-refractivity contribution in [1.29, 1.82) is 0 Å². The molecule has 1 atom stereocenters. The summed E-state index contributed by atoms with van der Waals surface area (Å²) >= 11 is 0. The van der Waals surface area contributed by atoms with E-state index in [4.69, 9.17) is 14.6 Å². The highest BCUT2D eigenvalue weighted by atomic mass is 16.5. The Balaban J connectivity index is 2.12. The fourth-order valence-electron chi connectivity index (χ4n) is 2.02. The molecule has 2 N–H and O–H groups in total. The second kappa shape index (κ2) is 7.50. The fourth-order valence-corrected chi connectivity index (χ4v) is 2.02. The fraction of sp³-hybridized carbons (Fsp3) is 0.312. The summed E-state index contributed by atoms with van der Waals surface area (Å²) in [6.45, 7) is 2.28. The Hall–Kier alpha value is -2.27. The first kappa shape index (κ1) is 15.1. The first-order valence-corrected chi connectivity index (χ1v) is 6.82. The van der Waals surface area contributed by atoms with Gasteiger partial charge < -0.3 is 19.9 Å². The minimum Gasteiger partial charge on any atom is -0.493 e. The van der Waals surface area contributed by atoms with Crippen molar-refractivity contribution in [3.63, 3.8) is 0 Å². The van der Waals surface area contributed by atoms with Crippen LogP contribution in [0.3, 0.4) is 0 Å². The third-order valence-electron chi connectivity index (χ3n) is 3.10. The molecule has 0 saturated carbocycles. The summed E-state index contributed by atoms with van der Waals surface area (Å²) in [7, 11) is 1.59. The van der Waals surface area contributed by atoms with Crippen molar-refractivity contribution in [1.82, 2.24) is 4.98 Å². The predicted octanol–water partition coefficient (Wildman–Crippen LogP) is 2.63. The predicted molar refractivity (Wildman–Crippen MR) is 81.8 cm³/mol. The van der Waals surface area contributed by atoms with E-state index < -0.39 is 0 Å². The van der Waals surface area contributed by atoms with Crippen LogP contribution in [-0.2, 0) is 0 Å². The molecule has 0 amide bonds. The number of aliphatic hydroxyl groups is 1. The van der Waals surface area contributed by atoms with Crippen LogP contribution in [0.2, 0.25) is 0 Å². The van der Waals surface area contributed by atoms with Crippen LogP contribution < -0.4 is 14.8 Å². The third kappa shape index (κ3) is 4.10. The first-order chi connectivity index (χ1) is 10.2. The van der Waals surface area contributed by atoms with Crippen LogP contribution in [0, 0.1) is 0 Å². The molecule has 1 unspecified atom stereocenters. The number of nitrogens with one attached hydrogen (secondary N) is 1. The van der Waals surface area contributed by atoms with E-state index in [1.165, 1.54) is 0 Å². The number of hydrogen-bond acceptors (Lipinski definition) is 5. The van der Waals surface area contributed by atoms with E-state index in [9.17, 15) is 0 Å². The summed E-state index contributed by atoms with van der Waals surface area (Å²) in [4.78, 5) is 4.02. The van der Waals surface area contributed by atoms with E-state index in [0.717, 1.165) is 11.3 Å². The summed E-state index contributed by atoms with van der Waals surface area (Å²) in [5, 5.41) is 12.3. The van der Waals surface area contributed by atoms with E-state index in [1.54, 1.807) is 19.5 Å². The lowest BCUT2D eigenvalue weighted by Crippen LogP contribution is -2.08. The summed E-state index contributed by atoms with van der Waals surface area (Å²) in [6, 6.07) is 9.74. The average molecular weight is 288 g/mol. The summed E-state index contributed by atoms with van der Waals surface area (Å²) in [5.41, 5.74) is 2.08. The van der Waals surface area contributed by atoms with Gasteiger partial charge in [-0.05, 0) is 36.8 Å². The van der Waals surface area contributed by atoms with Crippen molar-refractivity contribution < 1.29 is 14.6 Å². The van der Waals surface area contributed by atoms with Crippen LogP contribution in [0.25, 0.3) is 0 Å². The summed E-state index contributed by atoms with van der Waals surface area (Å²) in [6.07, 6.45) is 3.55. The smallest absolute Gasteiger partial charge is 0.163 e. The molecule has 2 aromatic rings. The highest BCUT2D eigenvalue weighted by Gasteiger charge is 2.09. The monoisotopic (exact) mass is 288 g/mol. The molecule has 0 bridgehead atoms. The number of ether oxygens (including phenoxy) is 2. The zero-order chi connectivity index (χ0) is 15.1. The van der Waals surface area contributed by atoms with Crippen LogP contribution in [-0.4, -0.2) is 30.4 Å². The Morgan fingerprint density at radius 1 is 1.19 bits per heavy atom. The van der Waals surface area contributed by atoms with E-state index in [2.05, 4.69) is 17.2 Å². The van der Waals surface area contributed by atoms with E-state index in [-0.39, 0.29) is 19.3 Å². The maximum absolute atomic E-state index is 8.87. The van der Waals surface area contributed by atoms with E-state index in [0.29, 0.717) is 11.5 Å². The zero-order valence-electron chi connectivity index (χ0n) is 12.2. The molecule has 0 spiro atoms. The van der Waals surface area contributed by atoms with Gasteiger partial charge in [-0.15, -0.1) is 0 Å². The molecule has 1 heterocycles. The van der Waals surface area contributed by atoms with Crippen molar-refractivity contribution in [2.24, 2.45) is 0 Å². The maximum atomic E-state index is 8.87. The average Bonchev–Trinajstić information content (AvgIpc) is 2.54. The van der Waals surface area contributed by atoms with Crippen molar-refractivity contribution in [3.8, 4) is 11.5 Å². The van der Waals surface area contributed by atoms with Gasteiger partial charge in [0.2, 0.25) is 0 Å². The van der Waals surface area contributed by atoms with Crippen LogP contribution in [0.4, 0.5) is 5.69 Å². The van der Waals surface area contributed by atoms with Crippen molar-refractivity contribution in [2.75, 3.05) is 25.6 Å². The van der Waals surface area contributed by atoms with Crippen LogP contribution >= 0.6 is 0 Å². The molecule has 0 saturated heterocycles. The van der Waals surface area contributed by atoms with Gasteiger partial charge in [0.15, 0.2) is 11.5 Å². The Morgan fingerprint density at radius 2 is 1.95 bits per heavy atom. The van der Waals surface area contributed by atoms with Gasteiger partial charge >= 0.3 is 0 Å². The van der Waals surface area contributed by atoms with Gasteiger partial charge in [0.05, 0.1) is 13.7 Å². The number of hydrogen-bond donors (Lipinski definition) is 2. The molecular weight excluding hydrogens is 268 g/mol. The molecule has 21 heavy (non-hydrogen) atoms. The summed E-state index contributed by atoms with van der Waals surface area (Å²) in [5.74, 6) is 1.25. The highest BCUT2D eigenvalue weighted by Crippen LogP contribution is 2.31. The molecular formula is C16H20N2O3. The van der Waals surface area contributed by atoms with Crippen molar-refractivity contribution >= 4 is 5.69 Å². The van der Waals surface area contributed by atoms with Gasteiger partial charge in [0.25, 0.3) is 0 Å². The number of aromatic nitrogens is 1. The van der Waals surface area contributed by atoms with Crippen molar-refractivity contribution in [3.05, 3.63) is 48.3 Å². The van der Waals surface area contributed by atoms with E-state index >= 15 is 0 Å². The minimum absolute atomic E-state index is 0.0335. The third-order valence-corrected chi connectivity index (χ3v) is 3.10. The van der Waals surface area contributed by atoms with Crippen molar-refractivity contribution in [2.45, 2.75) is 13.0 Å². The lowest BCUT2D eigenvalue weighted by molar-refractivity contribution is 0.196. The summed E-state index contributed by atoms with van der Waals surface area (Å²) < 4.78 is 10.7. The Bertz CT molecular complexity index is 561. The lowest BCUT2D eigenvalue weighted by atomic mass is 10.1. The normalized spacial score (nSPS) is 11.8. The van der Waals surface area contributed by atoms with Gasteiger partial charge in [0, 0.05) is 30.2 Å². The van der Waals surface area contributed by atoms with Crippen LogP contribution in [0.5, 0.6) is 11.5 Å². The van der Waals surface area contributed by atoms with E-state index in [1.807, 2.05) is 30.3 Å². The second-order valence-electron chi connectivity index (χ2n) is 4.58. The minimum atomic E-state index is -0.0335. The molecule has 2 rings (SSSR count). The molecule has 0 aliphatic heterocycles. The molecule has 1 aromatic carbocycles. The quantitative estimate of drug-likeness (QED) is 0.820. The highest BCUT2D eigenvalue weighted by molar-refractivity contribution is 5.55. The number of methoxy groups -OCH3 is 1. The van der Waals surface area contributed by atoms with Gasteiger partial charge in [-0.2, -0.15) is 0 Å². The second-order valence-corrected chi connectivity index (χ2v) is 4.58.